The zero-order valence-electron chi connectivity index (χ0n) is 11.5. The van der Waals surface area contributed by atoms with Crippen LogP contribution in [0.3, 0.4) is 0 Å². The Morgan fingerprint density at radius 1 is 1.35 bits per heavy atom. The molecule has 0 bridgehead atoms. The largest absolute Gasteiger partial charge is 0.478 e. The number of sulfonamides is 1. The van der Waals surface area contributed by atoms with Crippen LogP contribution in [0, 0.1) is 6.92 Å². The van der Waals surface area contributed by atoms with E-state index >= 15 is 0 Å². The van der Waals surface area contributed by atoms with Gasteiger partial charge in [0.15, 0.2) is 0 Å². The van der Waals surface area contributed by atoms with Gasteiger partial charge in [0.1, 0.15) is 0 Å². The predicted octanol–water partition coefficient (Wildman–Crippen LogP) is 2.46. The summed E-state index contributed by atoms with van der Waals surface area (Å²) < 4.78 is 24.6. The van der Waals surface area contributed by atoms with Crippen molar-refractivity contribution in [1.29, 1.82) is 0 Å². The lowest BCUT2D eigenvalue weighted by atomic mass is 10.1. The molecule has 1 rings (SSSR count). The molecule has 8 heteroatoms. The van der Waals surface area contributed by atoms with E-state index in [9.17, 15) is 13.2 Å². The molecule has 0 aromatic heterocycles. The molecule has 20 heavy (non-hydrogen) atoms. The third-order valence-corrected chi connectivity index (χ3v) is 4.73. The molecular formula is C12H16BrNO5S. The molecule has 0 aliphatic carbocycles. The van der Waals surface area contributed by atoms with E-state index in [0.29, 0.717) is 10.0 Å². The van der Waals surface area contributed by atoms with Crippen molar-refractivity contribution in [2.24, 2.45) is 0 Å². The highest BCUT2D eigenvalue weighted by molar-refractivity contribution is 9.10. The van der Waals surface area contributed by atoms with Gasteiger partial charge in [-0.15, -0.1) is 0 Å². The molecule has 0 radical (unpaired) electrons. The van der Waals surface area contributed by atoms with Gasteiger partial charge in [-0.05, 0) is 61.3 Å². The van der Waals surface area contributed by atoms with Gasteiger partial charge in [0.2, 0.25) is 0 Å². The summed E-state index contributed by atoms with van der Waals surface area (Å²) in [5, 5.41) is 8.99. The van der Waals surface area contributed by atoms with E-state index in [1.807, 2.05) is 4.89 Å². The molecular weight excluding hydrogens is 350 g/mol. The summed E-state index contributed by atoms with van der Waals surface area (Å²) in [5.41, 5.74) is -0.318. The quantitative estimate of drug-likeness (QED) is 0.799. The number of carboxylic acid groups (broad SMARTS) is 1. The van der Waals surface area contributed by atoms with Crippen molar-refractivity contribution in [3.8, 4) is 0 Å². The van der Waals surface area contributed by atoms with Crippen LogP contribution in [-0.4, -0.2) is 25.1 Å². The van der Waals surface area contributed by atoms with Crippen LogP contribution in [0.25, 0.3) is 0 Å². The maximum absolute atomic E-state index is 12.2. The number of nitrogens with one attached hydrogen (secondary N) is 1. The number of rotatable bonds is 4. The third kappa shape index (κ3) is 4.27. The zero-order chi connectivity index (χ0) is 15.7. The Morgan fingerprint density at radius 2 is 1.90 bits per heavy atom. The van der Waals surface area contributed by atoms with Crippen LogP contribution in [0.4, 0.5) is 0 Å². The first kappa shape index (κ1) is 17.1. The van der Waals surface area contributed by atoms with E-state index in [0.717, 1.165) is 6.07 Å². The number of halogens is 1. The van der Waals surface area contributed by atoms with Gasteiger partial charge in [0, 0.05) is 4.47 Å². The van der Waals surface area contributed by atoms with Crippen molar-refractivity contribution in [2.75, 3.05) is 0 Å². The molecule has 0 fully saturated rings. The van der Waals surface area contributed by atoms with E-state index < -0.39 is 21.6 Å². The van der Waals surface area contributed by atoms with Crippen LogP contribution < -0.4 is 4.89 Å². The average Bonchev–Trinajstić information content (AvgIpc) is 2.28. The molecule has 0 aliphatic heterocycles. The second kappa shape index (κ2) is 5.80. The van der Waals surface area contributed by atoms with Gasteiger partial charge in [0.25, 0.3) is 10.0 Å². The van der Waals surface area contributed by atoms with Crippen LogP contribution in [0.15, 0.2) is 21.5 Å². The van der Waals surface area contributed by atoms with Gasteiger partial charge in [-0.25, -0.2) is 13.2 Å². The topological polar surface area (TPSA) is 92.7 Å². The number of carboxylic acids is 1. The summed E-state index contributed by atoms with van der Waals surface area (Å²) in [4.78, 5) is 17.9. The minimum Gasteiger partial charge on any atom is -0.478 e. The van der Waals surface area contributed by atoms with E-state index in [-0.39, 0.29) is 10.5 Å². The van der Waals surface area contributed by atoms with Crippen molar-refractivity contribution in [1.82, 2.24) is 4.89 Å². The summed E-state index contributed by atoms with van der Waals surface area (Å²) in [7, 11) is -3.99. The van der Waals surface area contributed by atoms with Gasteiger partial charge >= 0.3 is 5.97 Å². The van der Waals surface area contributed by atoms with Crippen LogP contribution >= 0.6 is 15.9 Å². The van der Waals surface area contributed by atoms with Crippen molar-refractivity contribution >= 4 is 31.9 Å². The van der Waals surface area contributed by atoms with E-state index in [2.05, 4.69) is 15.9 Å². The number of hydrogen-bond donors (Lipinski definition) is 2. The highest BCUT2D eigenvalue weighted by atomic mass is 79.9. The second-order valence-corrected chi connectivity index (χ2v) is 7.62. The first-order chi connectivity index (χ1) is 8.94. The van der Waals surface area contributed by atoms with Crippen molar-refractivity contribution < 1.29 is 23.2 Å². The smallest absolute Gasteiger partial charge is 0.335 e. The highest BCUT2D eigenvalue weighted by Gasteiger charge is 2.24. The molecule has 1 aromatic carbocycles. The number of benzene rings is 1. The van der Waals surface area contributed by atoms with E-state index in [4.69, 9.17) is 9.94 Å². The summed E-state index contributed by atoms with van der Waals surface area (Å²) in [6, 6.07) is 2.46. The predicted molar refractivity (Wildman–Crippen MR) is 77.0 cm³/mol. The Bertz CT molecular complexity index is 634. The van der Waals surface area contributed by atoms with Gasteiger partial charge in [-0.1, -0.05) is 4.89 Å². The Morgan fingerprint density at radius 3 is 2.35 bits per heavy atom. The molecule has 2 N–H and O–H groups in total. The SMILES string of the molecule is Cc1cc(C(=O)O)cc(S(=O)(=O)NOC(C)(C)C)c1Br. The molecule has 6 nitrogen and oxygen atoms in total. The molecule has 0 amide bonds. The molecule has 0 heterocycles. The van der Waals surface area contributed by atoms with Crippen LogP contribution in [0.2, 0.25) is 0 Å². The Labute approximate surface area is 126 Å². The first-order valence-electron chi connectivity index (χ1n) is 5.67. The third-order valence-electron chi connectivity index (χ3n) is 2.22. The molecule has 112 valence electrons. The number of aromatic carboxylic acids is 1. The normalized spacial score (nSPS) is 12.4. The lowest BCUT2D eigenvalue weighted by molar-refractivity contribution is -0.0357. The van der Waals surface area contributed by atoms with Gasteiger partial charge in [0.05, 0.1) is 16.1 Å². The molecule has 1 aromatic rings. The average molecular weight is 366 g/mol. The Balaban J connectivity index is 3.27. The fourth-order valence-electron chi connectivity index (χ4n) is 1.28. The second-order valence-electron chi connectivity index (χ2n) is 5.21. The standard InChI is InChI=1S/C12H16BrNO5S/c1-7-5-8(11(15)16)6-9(10(7)13)20(17,18)14-19-12(2,3)4/h5-6,14H,1-4H3,(H,15,16). The fourth-order valence-corrected chi connectivity index (χ4v) is 3.28. The lowest BCUT2D eigenvalue weighted by Gasteiger charge is -2.20. The molecule has 0 atom stereocenters. The molecule has 0 unspecified atom stereocenters. The van der Waals surface area contributed by atoms with E-state index in [1.54, 1.807) is 27.7 Å². The number of carbonyl (C=O) groups is 1. The zero-order valence-corrected chi connectivity index (χ0v) is 13.9. The van der Waals surface area contributed by atoms with Crippen LogP contribution in [0.5, 0.6) is 0 Å². The minimum atomic E-state index is -3.99. The summed E-state index contributed by atoms with van der Waals surface area (Å²) >= 11 is 3.15. The van der Waals surface area contributed by atoms with Crippen molar-refractivity contribution in [3.05, 3.63) is 27.7 Å². The molecule has 0 spiro atoms. The van der Waals surface area contributed by atoms with Gasteiger partial charge in [-0.3, -0.25) is 4.84 Å². The number of aryl methyl sites for hydroxylation is 1. The van der Waals surface area contributed by atoms with E-state index in [1.165, 1.54) is 6.07 Å². The Hall–Kier alpha value is -0.960. The van der Waals surface area contributed by atoms with Crippen LogP contribution in [0.1, 0.15) is 36.7 Å². The molecule has 0 aliphatic rings. The molecule has 0 saturated heterocycles. The number of hydrogen-bond acceptors (Lipinski definition) is 4. The van der Waals surface area contributed by atoms with Gasteiger partial charge < -0.3 is 5.11 Å². The Kier molecular flexibility index (Phi) is 4.96. The first-order valence-corrected chi connectivity index (χ1v) is 7.95. The summed E-state index contributed by atoms with van der Waals surface area (Å²) in [6.45, 7) is 6.66. The molecule has 0 saturated carbocycles. The summed E-state index contributed by atoms with van der Waals surface area (Å²) in [5.74, 6) is -1.20. The minimum absolute atomic E-state index is 0.109. The van der Waals surface area contributed by atoms with Crippen molar-refractivity contribution in [2.45, 2.75) is 38.2 Å². The van der Waals surface area contributed by atoms with Crippen molar-refractivity contribution in [3.63, 3.8) is 0 Å². The maximum atomic E-state index is 12.2. The lowest BCUT2D eigenvalue weighted by Crippen LogP contribution is -2.33. The maximum Gasteiger partial charge on any atom is 0.335 e. The fraction of sp³-hybridized carbons (Fsp3) is 0.417. The van der Waals surface area contributed by atoms with Gasteiger partial charge in [-0.2, -0.15) is 0 Å². The highest BCUT2D eigenvalue weighted by Crippen LogP contribution is 2.27. The summed E-state index contributed by atoms with van der Waals surface area (Å²) in [6.07, 6.45) is 0. The van der Waals surface area contributed by atoms with Crippen LogP contribution in [-0.2, 0) is 14.9 Å². The monoisotopic (exact) mass is 365 g/mol.